The maximum Gasteiger partial charge on any atom is 0.171 e. The Hall–Kier alpha value is -1.78. The molecule has 0 saturated carbocycles. The number of aryl methyl sites for hydroxylation is 1. The zero-order valence-electron chi connectivity index (χ0n) is 12.7. The van der Waals surface area contributed by atoms with Crippen molar-refractivity contribution in [3.63, 3.8) is 0 Å². The molecule has 0 aliphatic carbocycles. The monoisotopic (exact) mass is 334 g/mol. The summed E-state index contributed by atoms with van der Waals surface area (Å²) in [6.45, 7) is 5.26. The summed E-state index contributed by atoms with van der Waals surface area (Å²) in [5.74, 6) is 0.876. The first-order valence-corrected chi connectivity index (χ1v) is 7.90. The number of rotatable bonds is 5. The van der Waals surface area contributed by atoms with Gasteiger partial charge in [-0.1, -0.05) is 29.8 Å². The van der Waals surface area contributed by atoms with Crippen molar-refractivity contribution in [3.8, 4) is 5.75 Å². The van der Waals surface area contributed by atoms with Gasteiger partial charge in [0.15, 0.2) is 5.11 Å². The lowest BCUT2D eigenvalue weighted by atomic mass is 10.2. The third kappa shape index (κ3) is 4.90. The van der Waals surface area contributed by atoms with Gasteiger partial charge in [-0.25, -0.2) is 0 Å². The molecule has 0 aromatic heterocycles. The van der Waals surface area contributed by atoms with E-state index in [0.717, 1.165) is 27.6 Å². The van der Waals surface area contributed by atoms with E-state index in [1.165, 1.54) is 0 Å². The Morgan fingerprint density at radius 1 is 1.18 bits per heavy atom. The van der Waals surface area contributed by atoms with Crippen molar-refractivity contribution in [2.24, 2.45) is 0 Å². The SMILES string of the molecule is CCOc1ccc(CNC(=S)Nc2ccc(C)c(Cl)c2)cc1. The molecule has 0 radical (unpaired) electrons. The van der Waals surface area contributed by atoms with E-state index in [4.69, 9.17) is 28.6 Å². The fourth-order valence-electron chi connectivity index (χ4n) is 1.90. The minimum absolute atomic E-state index is 0.564. The van der Waals surface area contributed by atoms with Crippen LogP contribution in [0.15, 0.2) is 42.5 Å². The van der Waals surface area contributed by atoms with Crippen LogP contribution >= 0.6 is 23.8 Å². The zero-order chi connectivity index (χ0) is 15.9. The highest BCUT2D eigenvalue weighted by Crippen LogP contribution is 2.19. The van der Waals surface area contributed by atoms with E-state index in [9.17, 15) is 0 Å². The van der Waals surface area contributed by atoms with E-state index in [-0.39, 0.29) is 0 Å². The van der Waals surface area contributed by atoms with Crippen LogP contribution in [0, 0.1) is 6.92 Å². The molecule has 116 valence electrons. The highest BCUT2D eigenvalue weighted by Gasteiger charge is 2.01. The summed E-state index contributed by atoms with van der Waals surface area (Å²) in [7, 11) is 0. The molecule has 22 heavy (non-hydrogen) atoms. The van der Waals surface area contributed by atoms with Crippen molar-refractivity contribution in [1.29, 1.82) is 0 Å². The third-order valence-corrected chi connectivity index (χ3v) is 3.77. The normalized spacial score (nSPS) is 10.1. The summed E-state index contributed by atoms with van der Waals surface area (Å²) in [4.78, 5) is 0. The molecule has 5 heteroatoms. The Balaban J connectivity index is 1.85. The average molecular weight is 335 g/mol. The van der Waals surface area contributed by atoms with Crippen LogP contribution in [0.2, 0.25) is 5.02 Å². The fraction of sp³-hybridized carbons (Fsp3) is 0.235. The molecule has 3 nitrogen and oxygen atoms in total. The number of ether oxygens (including phenoxy) is 1. The van der Waals surface area contributed by atoms with Gasteiger partial charge >= 0.3 is 0 Å². The van der Waals surface area contributed by atoms with Gasteiger partial charge in [0.25, 0.3) is 0 Å². The smallest absolute Gasteiger partial charge is 0.171 e. The average Bonchev–Trinajstić information content (AvgIpc) is 2.51. The first-order valence-electron chi connectivity index (χ1n) is 7.11. The molecular formula is C17H19ClN2OS. The molecule has 0 bridgehead atoms. The van der Waals surface area contributed by atoms with Gasteiger partial charge in [-0.2, -0.15) is 0 Å². The molecule has 2 aromatic carbocycles. The second-order valence-electron chi connectivity index (χ2n) is 4.85. The van der Waals surface area contributed by atoms with Gasteiger partial charge in [-0.3, -0.25) is 0 Å². The van der Waals surface area contributed by atoms with E-state index in [0.29, 0.717) is 18.3 Å². The maximum atomic E-state index is 6.10. The zero-order valence-corrected chi connectivity index (χ0v) is 14.2. The Kier molecular flexibility index (Phi) is 6.04. The van der Waals surface area contributed by atoms with Crippen LogP contribution in [0.5, 0.6) is 5.75 Å². The molecule has 2 rings (SSSR count). The van der Waals surface area contributed by atoms with Crippen molar-refractivity contribution >= 4 is 34.6 Å². The van der Waals surface area contributed by atoms with Crippen LogP contribution in [-0.4, -0.2) is 11.7 Å². The number of hydrogen-bond donors (Lipinski definition) is 2. The largest absolute Gasteiger partial charge is 0.494 e. The van der Waals surface area contributed by atoms with Gasteiger partial charge in [0, 0.05) is 17.3 Å². The highest BCUT2D eigenvalue weighted by molar-refractivity contribution is 7.80. The van der Waals surface area contributed by atoms with Crippen molar-refractivity contribution in [1.82, 2.24) is 5.32 Å². The first-order chi connectivity index (χ1) is 10.6. The molecule has 0 heterocycles. The highest BCUT2D eigenvalue weighted by atomic mass is 35.5. The van der Waals surface area contributed by atoms with Gasteiger partial charge in [0.1, 0.15) is 5.75 Å². The molecule has 0 unspecified atom stereocenters. The van der Waals surface area contributed by atoms with Crippen molar-refractivity contribution in [3.05, 3.63) is 58.6 Å². The summed E-state index contributed by atoms with van der Waals surface area (Å²) in [6, 6.07) is 13.7. The Morgan fingerprint density at radius 2 is 1.91 bits per heavy atom. The number of nitrogens with one attached hydrogen (secondary N) is 2. The van der Waals surface area contributed by atoms with Crippen LogP contribution in [0.1, 0.15) is 18.1 Å². The molecule has 0 spiro atoms. The fourth-order valence-corrected chi connectivity index (χ4v) is 2.27. The molecule has 0 amide bonds. The minimum Gasteiger partial charge on any atom is -0.494 e. The van der Waals surface area contributed by atoms with E-state index in [1.807, 2.05) is 56.3 Å². The Morgan fingerprint density at radius 3 is 2.55 bits per heavy atom. The van der Waals surface area contributed by atoms with Gasteiger partial charge in [-0.05, 0) is 61.5 Å². The van der Waals surface area contributed by atoms with Gasteiger partial charge in [-0.15, -0.1) is 0 Å². The Labute approximate surface area is 141 Å². The molecule has 0 atom stereocenters. The summed E-state index contributed by atoms with van der Waals surface area (Å²) in [5, 5.41) is 7.58. The topological polar surface area (TPSA) is 33.3 Å². The molecule has 0 aliphatic heterocycles. The minimum atomic E-state index is 0.564. The number of thiocarbonyl (C=S) groups is 1. The van der Waals surface area contributed by atoms with Gasteiger partial charge in [0.05, 0.1) is 6.61 Å². The van der Waals surface area contributed by atoms with E-state index >= 15 is 0 Å². The van der Waals surface area contributed by atoms with Crippen molar-refractivity contribution in [2.45, 2.75) is 20.4 Å². The lowest BCUT2D eigenvalue weighted by Crippen LogP contribution is -2.27. The van der Waals surface area contributed by atoms with Crippen molar-refractivity contribution in [2.75, 3.05) is 11.9 Å². The second-order valence-corrected chi connectivity index (χ2v) is 5.66. The second kappa shape index (κ2) is 8.01. The number of halogens is 1. The molecule has 0 saturated heterocycles. The molecule has 2 N–H and O–H groups in total. The van der Waals surface area contributed by atoms with Crippen LogP contribution < -0.4 is 15.4 Å². The quantitative estimate of drug-likeness (QED) is 0.787. The number of hydrogen-bond acceptors (Lipinski definition) is 2. The molecule has 0 aliphatic rings. The van der Waals surface area contributed by atoms with Crippen LogP contribution in [-0.2, 0) is 6.54 Å². The standard InChI is InChI=1S/C17H19ClN2OS/c1-3-21-15-8-5-13(6-9-15)11-19-17(22)20-14-7-4-12(2)16(18)10-14/h4-10H,3,11H2,1-2H3,(H2,19,20,22). The summed E-state index contributed by atoms with van der Waals surface area (Å²) in [5.41, 5.74) is 3.05. The van der Waals surface area contributed by atoms with Gasteiger partial charge < -0.3 is 15.4 Å². The summed E-state index contributed by atoms with van der Waals surface area (Å²) in [6.07, 6.45) is 0. The summed E-state index contributed by atoms with van der Waals surface area (Å²) < 4.78 is 5.42. The van der Waals surface area contributed by atoms with Crippen LogP contribution in [0.3, 0.4) is 0 Å². The number of benzene rings is 2. The summed E-state index contributed by atoms with van der Waals surface area (Å²) >= 11 is 11.4. The maximum absolute atomic E-state index is 6.10. The predicted molar refractivity (Wildman–Crippen MR) is 96.9 cm³/mol. The van der Waals surface area contributed by atoms with Crippen LogP contribution in [0.25, 0.3) is 0 Å². The molecule has 2 aromatic rings. The molecule has 0 fully saturated rings. The first kappa shape index (κ1) is 16.6. The predicted octanol–water partition coefficient (Wildman–Crippen LogP) is 4.53. The van der Waals surface area contributed by atoms with Crippen LogP contribution in [0.4, 0.5) is 5.69 Å². The lowest BCUT2D eigenvalue weighted by molar-refractivity contribution is 0.340. The lowest BCUT2D eigenvalue weighted by Gasteiger charge is -2.12. The van der Waals surface area contributed by atoms with Crippen molar-refractivity contribution < 1.29 is 4.74 Å². The van der Waals surface area contributed by atoms with E-state index in [2.05, 4.69) is 10.6 Å². The third-order valence-electron chi connectivity index (χ3n) is 3.12. The number of anilines is 1. The Bertz CT molecular complexity index is 644. The van der Waals surface area contributed by atoms with E-state index in [1.54, 1.807) is 0 Å². The van der Waals surface area contributed by atoms with E-state index < -0.39 is 0 Å². The van der Waals surface area contributed by atoms with Gasteiger partial charge in [0.2, 0.25) is 0 Å². The molecular weight excluding hydrogens is 316 g/mol.